The van der Waals surface area contributed by atoms with E-state index in [0.717, 1.165) is 31.2 Å². The maximum Gasteiger partial charge on any atom is 0.191 e. The minimum Gasteiger partial charge on any atom is -0.378 e. The molecule has 0 aliphatic heterocycles. The number of aryl methyl sites for hydroxylation is 2. The summed E-state index contributed by atoms with van der Waals surface area (Å²) in [4.78, 5) is 4.47. The molecule has 2 N–H and O–H groups in total. The number of hydrogen-bond donors (Lipinski definition) is 2. The molecule has 0 radical (unpaired) electrons. The molecule has 2 atom stereocenters. The molecule has 154 valence electrons. The number of nitrogens with one attached hydrogen (secondary N) is 2. The Morgan fingerprint density at radius 1 is 1.30 bits per heavy atom. The molecule has 0 aromatic carbocycles. The van der Waals surface area contributed by atoms with E-state index in [9.17, 15) is 0 Å². The Morgan fingerprint density at radius 3 is 2.56 bits per heavy atom. The highest BCUT2D eigenvalue weighted by Crippen LogP contribution is 2.53. The summed E-state index contributed by atoms with van der Waals surface area (Å²) in [6, 6.07) is 0.460. The zero-order valence-corrected chi connectivity index (χ0v) is 19.8. The van der Waals surface area contributed by atoms with Crippen molar-refractivity contribution in [2.24, 2.45) is 17.5 Å². The lowest BCUT2D eigenvalue weighted by molar-refractivity contribution is -0.145. The lowest BCUT2D eigenvalue weighted by Gasteiger charge is -2.57. The van der Waals surface area contributed by atoms with Gasteiger partial charge in [-0.25, -0.2) is 0 Å². The van der Waals surface area contributed by atoms with Crippen molar-refractivity contribution in [3.63, 3.8) is 0 Å². The fourth-order valence-electron chi connectivity index (χ4n) is 4.87. The SMILES string of the molecule is CCOC1CC(NC(=NC)NCc2c(C)nn(C)c2C)C12CCCCC2.I. The first-order valence-electron chi connectivity index (χ1n) is 10.1. The van der Waals surface area contributed by atoms with Gasteiger partial charge >= 0.3 is 0 Å². The lowest BCUT2D eigenvalue weighted by atomic mass is 9.55. The van der Waals surface area contributed by atoms with E-state index in [2.05, 4.69) is 41.5 Å². The zero-order chi connectivity index (χ0) is 18.7. The normalized spacial score (nSPS) is 24.3. The van der Waals surface area contributed by atoms with Crippen LogP contribution in [0.3, 0.4) is 0 Å². The van der Waals surface area contributed by atoms with Crippen LogP contribution in [0.25, 0.3) is 0 Å². The van der Waals surface area contributed by atoms with Crippen LogP contribution in [-0.2, 0) is 18.3 Å². The van der Waals surface area contributed by atoms with Crippen LogP contribution >= 0.6 is 24.0 Å². The summed E-state index contributed by atoms with van der Waals surface area (Å²) in [6.45, 7) is 7.85. The summed E-state index contributed by atoms with van der Waals surface area (Å²) < 4.78 is 8.01. The van der Waals surface area contributed by atoms with E-state index in [-0.39, 0.29) is 24.0 Å². The highest BCUT2D eigenvalue weighted by molar-refractivity contribution is 14.0. The van der Waals surface area contributed by atoms with Gasteiger partial charge in [0.15, 0.2) is 5.96 Å². The van der Waals surface area contributed by atoms with Gasteiger partial charge in [0.1, 0.15) is 0 Å². The average Bonchev–Trinajstić information content (AvgIpc) is 2.89. The monoisotopic (exact) mass is 489 g/mol. The Kier molecular flexibility index (Phi) is 7.97. The van der Waals surface area contributed by atoms with Gasteiger partial charge in [-0.3, -0.25) is 9.67 Å². The van der Waals surface area contributed by atoms with Crippen molar-refractivity contribution in [2.45, 2.75) is 78.0 Å². The largest absolute Gasteiger partial charge is 0.378 e. The fraction of sp³-hybridized carbons (Fsp3) is 0.800. The Morgan fingerprint density at radius 2 is 2.00 bits per heavy atom. The second-order valence-electron chi connectivity index (χ2n) is 7.87. The second kappa shape index (κ2) is 9.58. The highest BCUT2D eigenvalue weighted by atomic mass is 127. The number of hydrogen-bond acceptors (Lipinski definition) is 3. The van der Waals surface area contributed by atoms with Crippen molar-refractivity contribution in [1.29, 1.82) is 0 Å². The van der Waals surface area contributed by atoms with Gasteiger partial charge in [0.2, 0.25) is 0 Å². The molecule has 6 nitrogen and oxygen atoms in total. The summed E-state index contributed by atoms with van der Waals surface area (Å²) in [5, 5.41) is 11.7. The molecule has 1 aromatic heterocycles. The van der Waals surface area contributed by atoms with Crippen molar-refractivity contribution in [2.75, 3.05) is 13.7 Å². The number of rotatable bonds is 5. The Hall–Kier alpha value is -0.830. The Balaban J connectivity index is 0.00000261. The molecule has 3 rings (SSSR count). The van der Waals surface area contributed by atoms with Crippen LogP contribution in [0.1, 0.15) is 62.4 Å². The molecule has 0 bridgehead atoms. The summed E-state index contributed by atoms with van der Waals surface area (Å²) in [5.74, 6) is 0.887. The maximum absolute atomic E-state index is 6.07. The summed E-state index contributed by atoms with van der Waals surface area (Å²) in [7, 11) is 3.85. The topological polar surface area (TPSA) is 63.5 Å². The summed E-state index contributed by atoms with van der Waals surface area (Å²) >= 11 is 0. The number of nitrogens with zero attached hydrogens (tertiary/aromatic N) is 3. The molecule has 2 fully saturated rings. The predicted molar refractivity (Wildman–Crippen MR) is 121 cm³/mol. The van der Waals surface area contributed by atoms with Gasteiger partial charge in [-0.15, -0.1) is 24.0 Å². The van der Waals surface area contributed by atoms with Crippen molar-refractivity contribution in [3.05, 3.63) is 17.0 Å². The van der Waals surface area contributed by atoms with Crippen molar-refractivity contribution >= 4 is 29.9 Å². The van der Waals surface area contributed by atoms with Gasteiger partial charge in [0.25, 0.3) is 0 Å². The number of ether oxygens (including phenoxy) is 1. The zero-order valence-electron chi connectivity index (χ0n) is 17.5. The van der Waals surface area contributed by atoms with Crippen LogP contribution in [0.2, 0.25) is 0 Å². The quantitative estimate of drug-likeness (QED) is 0.378. The molecule has 1 aromatic rings. The molecule has 1 spiro atoms. The molecular formula is C20H36IN5O. The van der Waals surface area contributed by atoms with Crippen molar-refractivity contribution in [1.82, 2.24) is 20.4 Å². The van der Waals surface area contributed by atoms with E-state index in [4.69, 9.17) is 4.74 Å². The third-order valence-electron chi connectivity index (χ3n) is 6.56. The first-order valence-corrected chi connectivity index (χ1v) is 10.1. The van der Waals surface area contributed by atoms with E-state index < -0.39 is 0 Å². The standard InChI is InChI=1S/C20H35N5O.HI/c1-6-26-18-12-17(20(18)10-8-7-9-11-20)23-19(21-4)22-13-16-14(2)24-25(5)15(16)3;/h17-18H,6-13H2,1-5H3,(H2,21,22,23);1H. The van der Waals surface area contributed by atoms with Gasteiger partial charge in [-0.05, 0) is 40.0 Å². The van der Waals surface area contributed by atoms with Gasteiger partial charge in [-0.1, -0.05) is 19.3 Å². The van der Waals surface area contributed by atoms with Crippen LogP contribution < -0.4 is 10.6 Å². The molecule has 2 aliphatic carbocycles. The summed E-state index contributed by atoms with van der Waals surface area (Å²) in [5.41, 5.74) is 3.83. The van der Waals surface area contributed by atoms with Crippen LogP contribution in [0.15, 0.2) is 4.99 Å². The van der Waals surface area contributed by atoms with Crippen molar-refractivity contribution < 1.29 is 4.74 Å². The van der Waals surface area contributed by atoms with Gasteiger partial charge < -0.3 is 15.4 Å². The first kappa shape index (κ1) is 22.5. The van der Waals surface area contributed by atoms with Gasteiger partial charge in [0, 0.05) is 50.0 Å². The van der Waals surface area contributed by atoms with E-state index in [1.54, 1.807) is 0 Å². The number of aliphatic imine (C=N–C) groups is 1. The van der Waals surface area contributed by atoms with Gasteiger partial charge in [0.05, 0.1) is 11.8 Å². The number of aromatic nitrogens is 2. The van der Waals surface area contributed by atoms with Crippen LogP contribution in [0, 0.1) is 19.3 Å². The molecule has 0 saturated heterocycles. The molecule has 1 heterocycles. The summed E-state index contributed by atoms with van der Waals surface area (Å²) in [6.07, 6.45) is 8.04. The molecular weight excluding hydrogens is 453 g/mol. The van der Waals surface area contributed by atoms with Crippen molar-refractivity contribution in [3.8, 4) is 0 Å². The molecule has 0 amide bonds. The molecule has 2 unspecified atom stereocenters. The van der Waals surface area contributed by atoms with E-state index in [1.165, 1.54) is 43.4 Å². The molecule has 2 saturated carbocycles. The van der Waals surface area contributed by atoms with Gasteiger partial charge in [-0.2, -0.15) is 5.10 Å². The molecule has 2 aliphatic rings. The minimum absolute atomic E-state index is 0. The Bertz CT molecular complexity index is 651. The van der Waals surface area contributed by atoms with Crippen LogP contribution in [0.4, 0.5) is 0 Å². The fourth-order valence-corrected chi connectivity index (χ4v) is 4.87. The smallest absolute Gasteiger partial charge is 0.191 e. The maximum atomic E-state index is 6.07. The van der Waals surface area contributed by atoms with E-state index in [1.807, 2.05) is 18.8 Å². The molecule has 7 heteroatoms. The number of halogens is 1. The van der Waals surface area contributed by atoms with Crippen LogP contribution in [-0.4, -0.2) is 41.5 Å². The average molecular weight is 489 g/mol. The highest BCUT2D eigenvalue weighted by Gasteiger charge is 2.55. The Labute approximate surface area is 180 Å². The first-order chi connectivity index (χ1) is 12.5. The minimum atomic E-state index is 0. The van der Waals surface area contributed by atoms with Crippen LogP contribution in [0.5, 0.6) is 0 Å². The predicted octanol–water partition coefficient (Wildman–Crippen LogP) is 3.45. The van der Waals surface area contributed by atoms with E-state index in [0.29, 0.717) is 17.6 Å². The second-order valence-corrected chi connectivity index (χ2v) is 7.87. The lowest BCUT2D eigenvalue weighted by Crippen LogP contribution is -2.66. The molecule has 27 heavy (non-hydrogen) atoms. The third-order valence-corrected chi connectivity index (χ3v) is 6.56. The number of guanidine groups is 1. The third kappa shape index (κ3) is 4.44. The van der Waals surface area contributed by atoms with E-state index >= 15 is 0 Å².